The van der Waals surface area contributed by atoms with Crippen molar-refractivity contribution in [3.63, 3.8) is 0 Å². The highest BCUT2D eigenvalue weighted by atomic mass is 35.5. The highest BCUT2D eigenvalue weighted by Gasteiger charge is 2.21. The largest absolute Gasteiger partial charge is 0.314 e. The summed E-state index contributed by atoms with van der Waals surface area (Å²) in [4.78, 5) is -0.407. The van der Waals surface area contributed by atoms with Crippen LogP contribution < -0.4 is 10.0 Å². The van der Waals surface area contributed by atoms with Crippen LogP contribution in [0.4, 0.5) is 4.39 Å². The molecule has 1 aliphatic carbocycles. The first-order chi connectivity index (χ1) is 9.00. The molecule has 7 heteroatoms. The van der Waals surface area contributed by atoms with Gasteiger partial charge >= 0.3 is 0 Å². The number of rotatable bonds is 7. The van der Waals surface area contributed by atoms with Gasteiger partial charge < -0.3 is 5.32 Å². The molecule has 2 N–H and O–H groups in total. The van der Waals surface area contributed by atoms with Crippen molar-refractivity contribution < 1.29 is 12.8 Å². The molecule has 0 amide bonds. The quantitative estimate of drug-likeness (QED) is 0.757. The molecule has 0 aliphatic heterocycles. The third-order valence-corrected chi connectivity index (χ3v) is 4.63. The van der Waals surface area contributed by atoms with Crippen LogP contribution in [-0.4, -0.2) is 27.5 Å². The van der Waals surface area contributed by atoms with Gasteiger partial charge in [0.25, 0.3) is 0 Å². The second kappa shape index (κ2) is 6.17. The molecule has 1 aromatic carbocycles. The summed E-state index contributed by atoms with van der Waals surface area (Å²) < 4.78 is 39.8. The molecule has 1 saturated carbocycles. The van der Waals surface area contributed by atoms with Crippen LogP contribution in [0.15, 0.2) is 23.1 Å². The zero-order valence-electron chi connectivity index (χ0n) is 10.3. The zero-order valence-corrected chi connectivity index (χ0v) is 11.9. The topological polar surface area (TPSA) is 58.2 Å². The van der Waals surface area contributed by atoms with E-state index >= 15 is 0 Å². The number of halogens is 2. The lowest BCUT2D eigenvalue weighted by Crippen LogP contribution is -2.28. The molecule has 1 fully saturated rings. The van der Waals surface area contributed by atoms with E-state index in [1.165, 1.54) is 31.0 Å². The SMILES string of the molecule is O=S(=O)(NCCCNC1CC1)c1cccc(Cl)c1F. The van der Waals surface area contributed by atoms with Crippen LogP contribution in [0.3, 0.4) is 0 Å². The molecule has 0 radical (unpaired) electrons. The number of sulfonamides is 1. The number of benzene rings is 1. The minimum absolute atomic E-state index is 0.196. The smallest absolute Gasteiger partial charge is 0.243 e. The molecule has 0 aromatic heterocycles. The van der Waals surface area contributed by atoms with Crippen LogP contribution in [0.5, 0.6) is 0 Å². The van der Waals surface area contributed by atoms with E-state index in [0.29, 0.717) is 12.5 Å². The highest BCUT2D eigenvalue weighted by Crippen LogP contribution is 2.21. The minimum atomic E-state index is -3.84. The maximum absolute atomic E-state index is 13.6. The fraction of sp³-hybridized carbons (Fsp3) is 0.500. The molecule has 0 bridgehead atoms. The van der Waals surface area contributed by atoms with Gasteiger partial charge in [0.1, 0.15) is 4.90 Å². The maximum atomic E-state index is 13.6. The zero-order chi connectivity index (χ0) is 13.9. The Morgan fingerprint density at radius 3 is 2.74 bits per heavy atom. The molecule has 4 nitrogen and oxygen atoms in total. The van der Waals surface area contributed by atoms with E-state index < -0.39 is 20.7 Å². The van der Waals surface area contributed by atoms with Crippen molar-refractivity contribution >= 4 is 21.6 Å². The number of hydrogen-bond donors (Lipinski definition) is 2. The van der Waals surface area contributed by atoms with E-state index in [1.54, 1.807) is 0 Å². The summed E-state index contributed by atoms with van der Waals surface area (Å²) in [6.45, 7) is 1.03. The molecule has 1 aliphatic rings. The van der Waals surface area contributed by atoms with Crippen LogP contribution in [0.25, 0.3) is 0 Å². The Balaban J connectivity index is 1.88. The van der Waals surface area contributed by atoms with Crippen LogP contribution in [0.2, 0.25) is 5.02 Å². The van der Waals surface area contributed by atoms with Crippen molar-refractivity contribution in [2.45, 2.75) is 30.2 Å². The van der Waals surface area contributed by atoms with Gasteiger partial charge in [-0.15, -0.1) is 0 Å². The molecule has 1 aromatic rings. The fourth-order valence-electron chi connectivity index (χ4n) is 1.66. The van der Waals surface area contributed by atoms with Gasteiger partial charge in [-0.2, -0.15) is 0 Å². The van der Waals surface area contributed by atoms with Gasteiger partial charge in [0.2, 0.25) is 10.0 Å². The van der Waals surface area contributed by atoms with Crippen molar-refractivity contribution in [3.05, 3.63) is 29.0 Å². The fourth-order valence-corrected chi connectivity index (χ4v) is 3.06. The Morgan fingerprint density at radius 1 is 1.32 bits per heavy atom. The summed E-state index contributed by atoms with van der Waals surface area (Å²) in [7, 11) is -3.84. The number of hydrogen-bond acceptors (Lipinski definition) is 3. The second-order valence-corrected chi connectivity index (χ2v) is 6.67. The number of nitrogens with one attached hydrogen (secondary N) is 2. The molecular formula is C12H16ClFN2O2S. The van der Waals surface area contributed by atoms with Gasteiger partial charge in [0.05, 0.1) is 5.02 Å². The lowest BCUT2D eigenvalue weighted by atomic mass is 10.3. The molecule has 2 rings (SSSR count). The Labute approximate surface area is 117 Å². The third kappa shape index (κ3) is 4.14. The van der Waals surface area contributed by atoms with Crippen molar-refractivity contribution in [2.75, 3.05) is 13.1 Å². The molecular weight excluding hydrogens is 291 g/mol. The molecule has 0 saturated heterocycles. The van der Waals surface area contributed by atoms with E-state index in [1.807, 2.05) is 0 Å². The normalized spacial score (nSPS) is 15.7. The maximum Gasteiger partial charge on any atom is 0.243 e. The first kappa shape index (κ1) is 14.7. The van der Waals surface area contributed by atoms with Crippen molar-refractivity contribution in [2.24, 2.45) is 0 Å². The first-order valence-corrected chi connectivity index (χ1v) is 8.04. The van der Waals surface area contributed by atoms with Crippen LogP contribution in [-0.2, 0) is 10.0 Å². The van der Waals surface area contributed by atoms with Crippen LogP contribution in [0, 0.1) is 5.82 Å². The predicted molar refractivity (Wildman–Crippen MR) is 72.2 cm³/mol. The summed E-state index contributed by atoms with van der Waals surface area (Å²) in [5, 5.41) is 3.08. The average molecular weight is 307 g/mol. The standard InChI is InChI=1S/C12H16ClFN2O2S/c13-10-3-1-4-11(12(10)14)19(17,18)16-8-2-7-15-9-5-6-9/h1,3-4,9,15-16H,2,5-8H2. The van der Waals surface area contributed by atoms with Gasteiger partial charge in [-0.3, -0.25) is 0 Å². The third-order valence-electron chi connectivity index (χ3n) is 2.86. The van der Waals surface area contributed by atoms with Gasteiger partial charge in [-0.05, 0) is 37.9 Å². The van der Waals surface area contributed by atoms with E-state index in [-0.39, 0.29) is 11.6 Å². The van der Waals surface area contributed by atoms with E-state index in [2.05, 4.69) is 10.0 Å². The Kier molecular flexibility index (Phi) is 4.78. The molecule has 0 atom stereocenters. The van der Waals surface area contributed by atoms with E-state index in [4.69, 9.17) is 11.6 Å². The minimum Gasteiger partial charge on any atom is -0.314 e. The van der Waals surface area contributed by atoms with Crippen LogP contribution in [0.1, 0.15) is 19.3 Å². The van der Waals surface area contributed by atoms with Crippen molar-refractivity contribution in [3.8, 4) is 0 Å². The Bertz CT molecular complexity index is 547. The first-order valence-electron chi connectivity index (χ1n) is 6.18. The second-order valence-electron chi connectivity index (χ2n) is 4.53. The lowest BCUT2D eigenvalue weighted by molar-refractivity contribution is 0.553. The molecule has 0 heterocycles. The Hall–Kier alpha value is -0.690. The summed E-state index contributed by atoms with van der Waals surface area (Å²) in [5.74, 6) is -0.909. The van der Waals surface area contributed by atoms with Crippen molar-refractivity contribution in [1.29, 1.82) is 0 Å². The molecule has 106 valence electrons. The summed E-state index contributed by atoms with van der Waals surface area (Å²) >= 11 is 5.57. The molecule has 0 spiro atoms. The van der Waals surface area contributed by atoms with E-state index in [0.717, 1.165) is 6.54 Å². The Morgan fingerprint density at radius 2 is 2.05 bits per heavy atom. The van der Waals surface area contributed by atoms with Crippen LogP contribution >= 0.6 is 11.6 Å². The van der Waals surface area contributed by atoms with Gasteiger partial charge in [-0.1, -0.05) is 17.7 Å². The highest BCUT2D eigenvalue weighted by molar-refractivity contribution is 7.89. The monoisotopic (exact) mass is 306 g/mol. The predicted octanol–water partition coefficient (Wildman–Crippen LogP) is 1.90. The summed E-state index contributed by atoms with van der Waals surface area (Å²) in [6.07, 6.45) is 3.05. The summed E-state index contributed by atoms with van der Waals surface area (Å²) in [6, 6.07) is 4.53. The van der Waals surface area contributed by atoms with Gasteiger partial charge in [-0.25, -0.2) is 17.5 Å². The van der Waals surface area contributed by atoms with Gasteiger partial charge in [0, 0.05) is 12.6 Å². The van der Waals surface area contributed by atoms with Crippen molar-refractivity contribution in [1.82, 2.24) is 10.0 Å². The molecule has 19 heavy (non-hydrogen) atoms. The lowest BCUT2D eigenvalue weighted by Gasteiger charge is -2.08. The molecule has 0 unspecified atom stereocenters. The summed E-state index contributed by atoms with van der Waals surface area (Å²) in [5.41, 5.74) is 0. The van der Waals surface area contributed by atoms with E-state index in [9.17, 15) is 12.8 Å². The van der Waals surface area contributed by atoms with Gasteiger partial charge in [0.15, 0.2) is 5.82 Å². The average Bonchev–Trinajstić information content (AvgIpc) is 3.16.